The van der Waals surface area contributed by atoms with Gasteiger partial charge in [-0.25, -0.2) is 0 Å². The number of benzene rings is 3. The average Bonchev–Trinajstić information content (AvgIpc) is 2.79. The van der Waals surface area contributed by atoms with Crippen molar-refractivity contribution in [3.63, 3.8) is 0 Å². The standard InChI is InChI=1S/C26H28BrClN2O3/c1-4-22(26(32)29-17(2)3)30(15-18-9-12-20(28)13-10-18)24(31)16-33-23-14-11-19-7-5-6-8-21(19)25(23)27/h5-14,17,22H,4,15-16H2,1-3H3,(H,29,32)/t22-/m1/s1. The van der Waals surface area contributed by atoms with Crippen LogP contribution in [0.15, 0.2) is 65.1 Å². The van der Waals surface area contributed by atoms with E-state index in [9.17, 15) is 9.59 Å². The van der Waals surface area contributed by atoms with Crippen LogP contribution < -0.4 is 10.1 Å². The monoisotopic (exact) mass is 530 g/mol. The number of carbonyl (C=O) groups is 2. The van der Waals surface area contributed by atoms with E-state index >= 15 is 0 Å². The van der Waals surface area contributed by atoms with Gasteiger partial charge in [-0.2, -0.15) is 0 Å². The molecule has 1 atom stereocenters. The van der Waals surface area contributed by atoms with Gasteiger partial charge in [-0.15, -0.1) is 0 Å². The molecule has 3 rings (SSSR count). The highest BCUT2D eigenvalue weighted by molar-refractivity contribution is 9.10. The summed E-state index contributed by atoms with van der Waals surface area (Å²) < 4.78 is 6.70. The largest absolute Gasteiger partial charge is 0.483 e. The summed E-state index contributed by atoms with van der Waals surface area (Å²) in [5.74, 6) is 0.130. The topological polar surface area (TPSA) is 58.6 Å². The average molecular weight is 532 g/mol. The molecule has 7 heteroatoms. The van der Waals surface area contributed by atoms with Crippen LogP contribution in [0.1, 0.15) is 32.8 Å². The van der Waals surface area contributed by atoms with E-state index < -0.39 is 6.04 Å². The van der Waals surface area contributed by atoms with Gasteiger partial charge in [0, 0.05) is 17.6 Å². The molecule has 0 aliphatic carbocycles. The Kier molecular flexibility index (Phi) is 8.75. The van der Waals surface area contributed by atoms with Gasteiger partial charge >= 0.3 is 0 Å². The summed E-state index contributed by atoms with van der Waals surface area (Å²) in [7, 11) is 0. The molecule has 3 aromatic carbocycles. The van der Waals surface area contributed by atoms with Gasteiger partial charge in [-0.3, -0.25) is 9.59 Å². The maximum atomic E-state index is 13.3. The van der Waals surface area contributed by atoms with E-state index in [2.05, 4.69) is 21.2 Å². The Morgan fingerprint density at radius 2 is 1.76 bits per heavy atom. The first kappa shape index (κ1) is 25.1. The Balaban J connectivity index is 1.82. The van der Waals surface area contributed by atoms with Crippen molar-refractivity contribution in [1.82, 2.24) is 10.2 Å². The number of nitrogens with one attached hydrogen (secondary N) is 1. The van der Waals surface area contributed by atoms with Crippen molar-refractivity contribution >= 4 is 50.1 Å². The molecule has 0 saturated heterocycles. The second-order valence-corrected chi connectivity index (χ2v) is 9.35. The summed E-state index contributed by atoms with van der Waals surface area (Å²) in [4.78, 5) is 27.8. The van der Waals surface area contributed by atoms with E-state index in [4.69, 9.17) is 16.3 Å². The molecule has 5 nitrogen and oxygen atoms in total. The van der Waals surface area contributed by atoms with Crippen LogP contribution in [0.3, 0.4) is 0 Å². The molecule has 3 aromatic rings. The smallest absolute Gasteiger partial charge is 0.261 e. The van der Waals surface area contributed by atoms with Crippen LogP contribution in [0.5, 0.6) is 5.75 Å². The van der Waals surface area contributed by atoms with Gasteiger partial charge in [0.15, 0.2) is 6.61 Å². The van der Waals surface area contributed by atoms with Crippen molar-refractivity contribution in [2.45, 2.75) is 45.8 Å². The lowest BCUT2D eigenvalue weighted by Crippen LogP contribution is -2.51. The Bertz CT molecular complexity index is 1120. The quantitative estimate of drug-likeness (QED) is 0.370. The summed E-state index contributed by atoms with van der Waals surface area (Å²) in [6.45, 7) is 5.79. The molecule has 1 N–H and O–H groups in total. The van der Waals surface area contributed by atoms with Crippen molar-refractivity contribution in [2.24, 2.45) is 0 Å². The Hall–Kier alpha value is -2.57. The van der Waals surface area contributed by atoms with Crippen LogP contribution in [0.2, 0.25) is 5.02 Å². The Morgan fingerprint density at radius 1 is 1.06 bits per heavy atom. The van der Waals surface area contributed by atoms with Crippen molar-refractivity contribution < 1.29 is 14.3 Å². The molecule has 0 saturated carbocycles. The fourth-order valence-electron chi connectivity index (χ4n) is 3.63. The minimum atomic E-state index is -0.612. The minimum absolute atomic E-state index is 0.0242. The molecule has 0 bridgehead atoms. The SMILES string of the molecule is CC[C@H](C(=O)NC(C)C)N(Cc1ccc(Cl)cc1)C(=O)COc1ccc2ccccc2c1Br. The minimum Gasteiger partial charge on any atom is -0.483 e. The van der Waals surface area contributed by atoms with Gasteiger partial charge in [0.2, 0.25) is 5.91 Å². The number of ether oxygens (including phenoxy) is 1. The van der Waals surface area contributed by atoms with Gasteiger partial charge in [0.1, 0.15) is 11.8 Å². The van der Waals surface area contributed by atoms with Crippen molar-refractivity contribution in [3.8, 4) is 5.75 Å². The third kappa shape index (κ3) is 6.49. The summed E-state index contributed by atoms with van der Waals surface area (Å²) in [5.41, 5.74) is 0.885. The molecule has 0 heterocycles. The molecule has 0 aromatic heterocycles. The zero-order chi connectivity index (χ0) is 24.0. The molecule has 0 spiro atoms. The van der Waals surface area contributed by atoms with Crippen LogP contribution in [-0.4, -0.2) is 35.4 Å². The summed E-state index contributed by atoms with van der Waals surface area (Å²) >= 11 is 9.61. The Labute approximate surface area is 208 Å². The number of carbonyl (C=O) groups excluding carboxylic acids is 2. The fraction of sp³-hybridized carbons (Fsp3) is 0.308. The Morgan fingerprint density at radius 3 is 2.42 bits per heavy atom. The number of fused-ring (bicyclic) bond motifs is 1. The highest BCUT2D eigenvalue weighted by Gasteiger charge is 2.29. The lowest BCUT2D eigenvalue weighted by Gasteiger charge is -2.31. The molecule has 33 heavy (non-hydrogen) atoms. The second-order valence-electron chi connectivity index (χ2n) is 8.12. The summed E-state index contributed by atoms with van der Waals surface area (Å²) in [5, 5.41) is 5.62. The van der Waals surface area contributed by atoms with Crippen LogP contribution in [0.4, 0.5) is 0 Å². The van der Waals surface area contributed by atoms with Crippen molar-refractivity contribution in [1.29, 1.82) is 0 Å². The van der Waals surface area contributed by atoms with E-state index in [1.165, 1.54) is 0 Å². The maximum Gasteiger partial charge on any atom is 0.261 e. The molecule has 0 unspecified atom stereocenters. The molecule has 0 fully saturated rings. The van der Waals surface area contributed by atoms with Crippen LogP contribution in [0.25, 0.3) is 10.8 Å². The van der Waals surface area contributed by atoms with Crippen molar-refractivity contribution in [2.75, 3.05) is 6.61 Å². The first-order valence-electron chi connectivity index (χ1n) is 10.9. The van der Waals surface area contributed by atoms with E-state index in [0.717, 1.165) is 20.8 Å². The van der Waals surface area contributed by atoms with Crippen LogP contribution >= 0.6 is 27.5 Å². The molecule has 0 aliphatic heterocycles. The number of amides is 2. The van der Waals surface area contributed by atoms with Crippen molar-refractivity contribution in [3.05, 3.63) is 75.7 Å². The zero-order valence-electron chi connectivity index (χ0n) is 19.0. The second kappa shape index (κ2) is 11.5. The first-order valence-corrected chi connectivity index (χ1v) is 12.1. The first-order chi connectivity index (χ1) is 15.8. The highest BCUT2D eigenvalue weighted by Crippen LogP contribution is 2.33. The van der Waals surface area contributed by atoms with Gasteiger partial charge in [0.25, 0.3) is 5.91 Å². The number of halogens is 2. The molecule has 0 aliphatic rings. The molecular formula is C26H28BrClN2O3. The van der Waals surface area contributed by atoms with Crippen LogP contribution in [-0.2, 0) is 16.1 Å². The number of hydrogen-bond donors (Lipinski definition) is 1. The highest BCUT2D eigenvalue weighted by atomic mass is 79.9. The third-order valence-corrected chi connectivity index (χ3v) is 6.33. The van der Waals surface area contributed by atoms with Crippen LogP contribution in [0, 0.1) is 0 Å². The molecule has 2 amide bonds. The van der Waals surface area contributed by atoms with Gasteiger partial charge in [-0.05, 0) is 70.7 Å². The van der Waals surface area contributed by atoms with E-state index in [1.807, 2.05) is 69.3 Å². The lowest BCUT2D eigenvalue weighted by atomic mass is 10.1. The van der Waals surface area contributed by atoms with Gasteiger partial charge in [-0.1, -0.05) is 61.0 Å². The number of nitrogens with zero attached hydrogens (tertiary/aromatic N) is 1. The predicted octanol–water partition coefficient (Wildman–Crippen LogP) is 5.97. The summed E-state index contributed by atoms with van der Waals surface area (Å²) in [6.07, 6.45) is 0.484. The van der Waals surface area contributed by atoms with Gasteiger partial charge in [0.05, 0.1) is 4.47 Å². The van der Waals surface area contributed by atoms with E-state index in [-0.39, 0.29) is 31.0 Å². The third-order valence-electron chi connectivity index (χ3n) is 5.26. The molecular weight excluding hydrogens is 504 g/mol. The van der Waals surface area contributed by atoms with E-state index in [1.54, 1.807) is 17.0 Å². The predicted molar refractivity (Wildman–Crippen MR) is 137 cm³/mol. The van der Waals surface area contributed by atoms with E-state index in [0.29, 0.717) is 17.2 Å². The molecule has 0 radical (unpaired) electrons. The maximum absolute atomic E-state index is 13.3. The molecule has 174 valence electrons. The van der Waals surface area contributed by atoms with Gasteiger partial charge < -0.3 is 15.0 Å². The lowest BCUT2D eigenvalue weighted by molar-refractivity contribution is -0.143. The normalized spacial score (nSPS) is 11.9. The number of rotatable bonds is 9. The number of hydrogen-bond acceptors (Lipinski definition) is 3. The summed E-state index contributed by atoms with van der Waals surface area (Å²) in [6, 6.07) is 18.4. The fourth-order valence-corrected chi connectivity index (χ4v) is 4.37. The zero-order valence-corrected chi connectivity index (χ0v) is 21.3.